The third-order valence-corrected chi connectivity index (χ3v) is 6.86. The maximum atomic E-state index is 13.8. The van der Waals surface area contributed by atoms with Gasteiger partial charge in [-0.3, -0.25) is 4.98 Å². The summed E-state index contributed by atoms with van der Waals surface area (Å²) < 4.78 is 16.0. The van der Waals surface area contributed by atoms with Gasteiger partial charge in [0.25, 0.3) is 0 Å². The van der Waals surface area contributed by atoms with E-state index in [4.69, 9.17) is 11.1 Å². The standard InChI is InChI=1S/C26H26FN4P.C2H6/c27-19-7-9-20(10-8-19)31-23-12-18(14-28)22(29)13-21(23)25(17-6-11-24(32)30-15-17)26(31)16-4-2-1-3-5-16;1-2/h6-16,28H,1-5,29,32H2;1-2H3. The average molecular weight is 475 g/mol. The van der Waals surface area contributed by atoms with Crippen molar-refractivity contribution in [3.63, 3.8) is 0 Å². The molecule has 0 aliphatic heterocycles. The number of halogens is 1. The zero-order chi connectivity index (χ0) is 24.2. The van der Waals surface area contributed by atoms with Gasteiger partial charge in [0.1, 0.15) is 5.82 Å². The number of nitrogens with two attached hydrogens (primary N) is 1. The molecule has 1 aliphatic carbocycles. The van der Waals surface area contributed by atoms with Crippen LogP contribution in [0.4, 0.5) is 10.1 Å². The number of nitrogens with one attached hydrogen (secondary N) is 1. The Morgan fingerprint density at radius 2 is 1.76 bits per heavy atom. The van der Waals surface area contributed by atoms with E-state index in [0.29, 0.717) is 17.2 Å². The van der Waals surface area contributed by atoms with Gasteiger partial charge < -0.3 is 15.7 Å². The van der Waals surface area contributed by atoms with Crippen LogP contribution in [0.5, 0.6) is 0 Å². The Balaban J connectivity index is 0.00000133. The van der Waals surface area contributed by atoms with Crippen molar-refractivity contribution in [2.75, 3.05) is 5.73 Å². The Hall–Kier alpha value is -3.04. The second-order valence-corrected chi connectivity index (χ2v) is 9.11. The molecule has 1 fully saturated rings. The largest absolute Gasteiger partial charge is 0.398 e. The van der Waals surface area contributed by atoms with Crippen LogP contribution >= 0.6 is 9.24 Å². The summed E-state index contributed by atoms with van der Waals surface area (Å²) in [5, 5.41) is 8.87. The van der Waals surface area contributed by atoms with E-state index in [1.807, 2.05) is 50.4 Å². The lowest BCUT2D eigenvalue weighted by Crippen LogP contribution is -2.11. The summed E-state index contributed by atoms with van der Waals surface area (Å²) in [6, 6.07) is 14.7. The van der Waals surface area contributed by atoms with Gasteiger partial charge in [-0.25, -0.2) is 4.39 Å². The molecule has 4 nitrogen and oxygen atoms in total. The monoisotopic (exact) mass is 474 g/mol. The Labute approximate surface area is 203 Å². The van der Waals surface area contributed by atoms with E-state index >= 15 is 0 Å². The van der Waals surface area contributed by atoms with Crippen LogP contribution in [0.15, 0.2) is 54.7 Å². The zero-order valence-electron chi connectivity index (χ0n) is 19.8. The molecule has 6 heteroatoms. The summed E-state index contributed by atoms with van der Waals surface area (Å²) in [4.78, 5) is 4.54. The number of rotatable bonds is 4. The van der Waals surface area contributed by atoms with E-state index in [1.54, 1.807) is 0 Å². The first-order valence-electron chi connectivity index (χ1n) is 12.0. The topological polar surface area (TPSA) is 67.7 Å². The molecule has 1 aliphatic rings. The summed E-state index contributed by atoms with van der Waals surface area (Å²) in [6.45, 7) is 4.00. The van der Waals surface area contributed by atoms with E-state index in [1.165, 1.54) is 43.3 Å². The van der Waals surface area contributed by atoms with E-state index in [2.05, 4.69) is 24.9 Å². The molecular formula is C28H32FN4P. The van der Waals surface area contributed by atoms with Crippen LogP contribution in [0, 0.1) is 11.2 Å². The SMILES string of the molecule is CC.N=Cc1cc2c(cc1N)c(-c1ccc(P)nc1)c(C1CCCCC1)n2-c1ccc(F)cc1. The number of aromatic nitrogens is 2. The van der Waals surface area contributed by atoms with E-state index in [9.17, 15) is 4.39 Å². The summed E-state index contributed by atoms with van der Waals surface area (Å²) in [7, 11) is 2.64. The number of hydrogen-bond donors (Lipinski definition) is 2. The van der Waals surface area contributed by atoms with Gasteiger partial charge in [0, 0.05) is 57.5 Å². The van der Waals surface area contributed by atoms with Gasteiger partial charge >= 0.3 is 0 Å². The predicted octanol–water partition coefficient (Wildman–Crippen LogP) is 6.99. The Morgan fingerprint density at radius 3 is 2.38 bits per heavy atom. The Morgan fingerprint density at radius 1 is 1.06 bits per heavy atom. The average Bonchev–Trinajstić information content (AvgIpc) is 3.20. The fourth-order valence-corrected chi connectivity index (χ4v) is 5.17. The molecular weight excluding hydrogens is 442 g/mol. The minimum absolute atomic E-state index is 0.255. The molecule has 1 atom stereocenters. The van der Waals surface area contributed by atoms with Gasteiger partial charge in [-0.1, -0.05) is 48.4 Å². The zero-order valence-corrected chi connectivity index (χ0v) is 21.0. The lowest BCUT2D eigenvalue weighted by atomic mass is 9.84. The van der Waals surface area contributed by atoms with Crippen molar-refractivity contribution in [2.45, 2.75) is 51.9 Å². The fourth-order valence-electron chi connectivity index (χ4n) is 5.00. The summed E-state index contributed by atoms with van der Waals surface area (Å²) in [5.74, 6) is 0.130. The van der Waals surface area contributed by atoms with Crippen LogP contribution in [-0.2, 0) is 0 Å². The van der Waals surface area contributed by atoms with E-state index < -0.39 is 0 Å². The fraction of sp³-hybridized carbons (Fsp3) is 0.286. The Bertz CT molecular complexity index is 1290. The molecule has 2 aromatic heterocycles. The highest BCUT2D eigenvalue weighted by molar-refractivity contribution is 7.26. The smallest absolute Gasteiger partial charge is 0.123 e. The summed E-state index contributed by atoms with van der Waals surface area (Å²) >= 11 is 0. The predicted molar refractivity (Wildman–Crippen MR) is 145 cm³/mol. The lowest BCUT2D eigenvalue weighted by molar-refractivity contribution is 0.434. The molecule has 1 unspecified atom stereocenters. The third-order valence-electron chi connectivity index (χ3n) is 6.52. The van der Waals surface area contributed by atoms with Crippen molar-refractivity contribution in [2.24, 2.45) is 0 Å². The molecule has 176 valence electrons. The van der Waals surface area contributed by atoms with Crippen LogP contribution in [0.3, 0.4) is 0 Å². The molecule has 0 bridgehead atoms. The first-order chi connectivity index (χ1) is 16.6. The van der Waals surface area contributed by atoms with Gasteiger partial charge in [-0.05, 0) is 55.3 Å². The highest BCUT2D eigenvalue weighted by atomic mass is 31.0. The molecule has 34 heavy (non-hydrogen) atoms. The van der Waals surface area contributed by atoms with E-state index in [0.717, 1.165) is 46.0 Å². The number of anilines is 1. The van der Waals surface area contributed by atoms with Crippen LogP contribution < -0.4 is 11.2 Å². The molecule has 3 N–H and O–H groups in total. The number of nitrogens with zero attached hydrogens (tertiary/aromatic N) is 2. The normalized spacial score (nSPS) is 14.0. The molecule has 0 spiro atoms. The van der Waals surface area contributed by atoms with Crippen LogP contribution in [0.1, 0.15) is 63.1 Å². The number of nitrogen functional groups attached to an aromatic ring is 1. The number of pyridine rings is 1. The number of benzene rings is 2. The van der Waals surface area contributed by atoms with Crippen molar-refractivity contribution < 1.29 is 4.39 Å². The summed E-state index contributed by atoms with van der Waals surface area (Å²) in [6.07, 6.45) is 9.11. The minimum atomic E-state index is -0.255. The number of hydrogen-bond acceptors (Lipinski definition) is 3. The lowest BCUT2D eigenvalue weighted by Gasteiger charge is -2.25. The summed E-state index contributed by atoms with van der Waals surface area (Å²) in [5.41, 5.74) is 13.8. The third kappa shape index (κ3) is 4.50. The maximum Gasteiger partial charge on any atom is 0.123 e. The molecule has 2 heterocycles. The minimum Gasteiger partial charge on any atom is -0.398 e. The second kappa shape index (κ2) is 10.5. The van der Waals surface area contributed by atoms with Crippen molar-refractivity contribution in [3.8, 4) is 16.8 Å². The van der Waals surface area contributed by atoms with Gasteiger partial charge in [-0.15, -0.1) is 0 Å². The molecule has 2 aromatic carbocycles. The van der Waals surface area contributed by atoms with Crippen molar-refractivity contribution in [1.29, 1.82) is 5.41 Å². The van der Waals surface area contributed by atoms with Crippen LogP contribution in [0.25, 0.3) is 27.7 Å². The highest BCUT2D eigenvalue weighted by Gasteiger charge is 2.28. The second-order valence-electron chi connectivity index (χ2n) is 8.52. The maximum absolute atomic E-state index is 13.8. The highest BCUT2D eigenvalue weighted by Crippen LogP contribution is 2.45. The van der Waals surface area contributed by atoms with Gasteiger partial charge in [0.05, 0.1) is 11.0 Å². The van der Waals surface area contributed by atoms with Gasteiger partial charge in [-0.2, -0.15) is 0 Å². The first-order valence-corrected chi connectivity index (χ1v) is 12.6. The molecule has 4 aromatic rings. The van der Waals surface area contributed by atoms with Gasteiger partial charge in [0.2, 0.25) is 0 Å². The quantitative estimate of drug-likeness (QED) is 0.190. The number of fused-ring (bicyclic) bond motifs is 1. The van der Waals surface area contributed by atoms with Gasteiger partial charge in [0.15, 0.2) is 0 Å². The molecule has 0 saturated heterocycles. The molecule has 5 rings (SSSR count). The molecule has 1 saturated carbocycles. The van der Waals surface area contributed by atoms with E-state index in [-0.39, 0.29) is 5.82 Å². The molecule has 0 radical (unpaired) electrons. The molecule has 0 amide bonds. The van der Waals surface area contributed by atoms with Crippen LogP contribution in [0.2, 0.25) is 0 Å². The van der Waals surface area contributed by atoms with Crippen molar-refractivity contribution in [3.05, 3.63) is 71.8 Å². The van der Waals surface area contributed by atoms with Crippen molar-refractivity contribution in [1.82, 2.24) is 9.55 Å². The first kappa shape index (κ1) is 24.1. The Kier molecular flexibility index (Phi) is 7.43. The van der Waals surface area contributed by atoms with Crippen LogP contribution in [-0.4, -0.2) is 15.8 Å². The van der Waals surface area contributed by atoms with Crippen molar-refractivity contribution >= 4 is 37.5 Å².